The maximum Gasteiger partial charge on any atom is 0.251 e. The molecule has 0 bridgehead atoms. The van der Waals surface area contributed by atoms with E-state index in [0.29, 0.717) is 11.1 Å². The van der Waals surface area contributed by atoms with Crippen LogP contribution in [0.4, 0.5) is 4.39 Å². The zero-order chi connectivity index (χ0) is 20.7. The lowest BCUT2D eigenvalue weighted by Gasteiger charge is -2.26. The van der Waals surface area contributed by atoms with Crippen LogP contribution in [0.5, 0.6) is 0 Å². The predicted octanol–water partition coefficient (Wildman–Crippen LogP) is 5.42. The topological polar surface area (TPSA) is 46.9 Å². The van der Waals surface area contributed by atoms with Crippen LogP contribution >= 0.6 is 0 Å². The fourth-order valence-electron chi connectivity index (χ4n) is 3.91. The Labute approximate surface area is 174 Å². The first-order chi connectivity index (χ1) is 14.6. The van der Waals surface area contributed by atoms with E-state index in [1.165, 1.54) is 6.07 Å². The van der Waals surface area contributed by atoms with Gasteiger partial charge in [-0.2, -0.15) is 5.10 Å². The summed E-state index contributed by atoms with van der Waals surface area (Å²) in [6.45, 7) is 1.75. The van der Waals surface area contributed by atoms with Gasteiger partial charge in [-0.15, -0.1) is 0 Å². The van der Waals surface area contributed by atoms with Crippen molar-refractivity contribution in [3.05, 3.63) is 83.8 Å². The number of carbonyl (C=O) groups is 1. The molecule has 1 fully saturated rings. The Hall–Kier alpha value is -3.47. The fraction of sp³-hybridized carbons (Fsp3) is 0.200. The van der Waals surface area contributed by atoms with E-state index in [1.54, 1.807) is 13.0 Å². The van der Waals surface area contributed by atoms with Crippen molar-refractivity contribution in [1.29, 1.82) is 0 Å². The number of hydrogen-bond acceptors (Lipinski definition) is 2. The lowest BCUT2D eigenvalue weighted by molar-refractivity contribution is 0.0916. The fourth-order valence-corrected chi connectivity index (χ4v) is 3.91. The van der Waals surface area contributed by atoms with Crippen LogP contribution in [0.1, 0.15) is 35.2 Å². The Morgan fingerprint density at radius 2 is 1.90 bits per heavy atom. The average molecular weight is 399 g/mol. The maximum atomic E-state index is 14.7. The van der Waals surface area contributed by atoms with Gasteiger partial charge in [0.05, 0.1) is 17.4 Å². The van der Waals surface area contributed by atoms with E-state index in [1.807, 2.05) is 59.4 Å². The van der Waals surface area contributed by atoms with E-state index in [2.05, 4.69) is 10.4 Å². The zero-order valence-electron chi connectivity index (χ0n) is 16.7. The molecule has 5 rings (SSSR count). The number of nitrogens with one attached hydrogen (secondary N) is 1. The summed E-state index contributed by atoms with van der Waals surface area (Å²) in [7, 11) is 0. The molecule has 1 N–H and O–H groups in total. The molecule has 5 heteroatoms. The molecular weight excluding hydrogens is 377 g/mol. The summed E-state index contributed by atoms with van der Waals surface area (Å²) >= 11 is 0. The molecule has 0 atom stereocenters. The maximum absolute atomic E-state index is 14.7. The number of hydrogen-bond donors (Lipinski definition) is 1. The van der Waals surface area contributed by atoms with Gasteiger partial charge in [0.2, 0.25) is 0 Å². The number of halogens is 1. The van der Waals surface area contributed by atoms with E-state index in [4.69, 9.17) is 0 Å². The monoisotopic (exact) mass is 399 g/mol. The number of nitrogens with zero attached hydrogens (tertiary/aromatic N) is 2. The van der Waals surface area contributed by atoms with Crippen molar-refractivity contribution in [1.82, 2.24) is 15.1 Å². The molecule has 1 aliphatic rings. The summed E-state index contributed by atoms with van der Waals surface area (Å²) < 4.78 is 16.5. The second-order valence-corrected chi connectivity index (χ2v) is 7.90. The zero-order valence-corrected chi connectivity index (χ0v) is 16.7. The van der Waals surface area contributed by atoms with Gasteiger partial charge in [0.25, 0.3) is 5.91 Å². The summed E-state index contributed by atoms with van der Waals surface area (Å²) in [6, 6.07) is 19.2. The highest BCUT2D eigenvalue weighted by Gasteiger charge is 2.21. The van der Waals surface area contributed by atoms with Crippen LogP contribution in [0, 0.1) is 12.7 Å². The number of para-hydroxylation sites is 1. The molecule has 30 heavy (non-hydrogen) atoms. The van der Waals surface area contributed by atoms with Gasteiger partial charge in [-0.25, -0.2) is 9.07 Å². The number of aromatic nitrogens is 2. The lowest BCUT2D eigenvalue weighted by Crippen LogP contribution is -2.39. The molecule has 0 unspecified atom stereocenters. The first-order valence-electron chi connectivity index (χ1n) is 10.2. The van der Waals surface area contributed by atoms with Gasteiger partial charge in [-0.05, 0) is 79.3 Å². The molecule has 4 nitrogen and oxygen atoms in total. The normalized spacial score (nSPS) is 13.9. The van der Waals surface area contributed by atoms with Crippen LogP contribution in [-0.2, 0) is 0 Å². The standard InChI is InChI=1S/C25H22FN3O/c1-16-22(13-18(14-23(16)26)25(30)28-20-6-5-7-20)17-10-11-24-19(12-17)15-27-29(24)21-8-3-2-4-9-21/h2-4,8-15,20H,5-7H2,1H3,(H,28,30). The highest BCUT2D eigenvalue weighted by atomic mass is 19.1. The summed E-state index contributed by atoms with van der Waals surface area (Å²) in [5, 5.41) is 8.46. The molecule has 150 valence electrons. The van der Waals surface area contributed by atoms with Crippen LogP contribution < -0.4 is 5.32 Å². The van der Waals surface area contributed by atoms with Gasteiger partial charge in [-0.1, -0.05) is 24.3 Å². The Kier molecular flexibility index (Phi) is 4.58. The molecular formula is C25H22FN3O. The quantitative estimate of drug-likeness (QED) is 0.498. The Morgan fingerprint density at radius 3 is 2.63 bits per heavy atom. The Balaban J connectivity index is 1.54. The Morgan fingerprint density at radius 1 is 1.10 bits per heavy atom. The molecule has 0 saturated heterocycles. The van der Waals surface area contributed by atoms with Crippen LogP contribution in [0.3, 0.4) is 0 Å². The van der Waals surface area contributed by atoms with Crippen molar-refractivity contribution < 1.29 is 9.18 Å². The van der Waals surface area contributed by atoms with Gasteiger partial charge in [0.15, 0.2) is 0 Å². The van der Waals surface area contributed by atoms with Gasteiger partial charge in [0, 0.05) is 17.0 Å². The van der Waals surface area contributed by atoms with Crippen LogP contribution in [0.15, 0.2) is 66.9 Å². The highest BCUT2D eigenvalue weighted by Crippen LogP contribution is 2.30. The van der Waals surface area contributed by atoms with Crippen molar-refractivity contribution in [2.75, 3.05) is 0 Å². The van der Waals surface area contributed by atoms with Gasteiger partial charge in [0.1, 0.15) is 5.82 Å². The largest absolute Gasteiger partial charge is 0.349 e. The van der Waals surface area contributed by atoms with E-state index >= 15 is 0 Å². The van der Waals surface area contributed by atoms with E-state index in [-0.39, 0.29) is 17.8 Å². The number of benzene rings is 3. The third-order valence-corrected chi connectivity index (χ3v) is 5.93. The molecule has 0 spiro atoms. The highest BCUT2D eigenvalue weighted by molar-refractivity contribution is 5.96. The second kappa shape index (κ2) is 7.41. The minimum absolute atomic E-state index is 0.210. The van der Waals surface area contributed by atoms with Crippen LogP contribution in [0.25, 0.3) is 27.7 Å². The predicted molar refractivity (Wildman–Crippen MR) is 116 cm³/mol. The summed E-state index contributed by atoms with van der Waals surface area (Å²) in [6.07, 6.45) is 4.93. The first-order valence-corrected chi connectivity index (χ1v) is 10.2. The van der Waals surface area contributed by atoms with Crippen molar-refractivity contribution in [2.24, 2.45) is 0 Å². The van der Waals surface area contributed by atoms with E-state index in [9.17, 15) is 9.18 Å². The van der Waals surface area contributed by atoms with Gasteiger partial charge < -0.3 is 5.32 Å². The van der Waals surface area contributed by atoms with Crippen LogP contribution in [-0.4, -0.2) is 21.7 Å². The molecule has 0 radical (unpaired) electrons. The van der Waals surface area contributed by atoms with Gasteiger partial charge in [-0.3, -0.25) is 4.79 Å². The third-order valence-electron chi connectivity index (χ3n) is 5.93. The first kappa shape index (κ1) is 18.6. The third kappa shape index (κ3) is 3.26. The minimum atomic E-state index is -0.369. The lowest BCUT2D eigenvalue weighted by atomic mass is 9.92. The molecule has 1 aromatic heterocycles. The Bertz CT molecular complexity index is 1240. The molecule has 1 heterocycles. The SMILES string of the molecule is Cc1c(F)cc(C(=O)NC2CCC2)cc1-c1ccc2c(cnn2-c2ccccc2)c1. The molecule has 0 aliphatic heterocycles. The number of rotatable bonds is 4. The molecule has 1 aliphatic carbocycles. The summed E-state index contributed by atoms with van der Waals surface area (Å²) in [5.41, 5.74) is 4.44. The smallest absolute Gasteiger partial charge is 0.251 e. The van der Waals surface area contributed by atoms with Crippen molar-refractivity contribution >= 4 is 16.8 Å². The summed E-state index contributed by atoms with van der Waals surface area (Å²) in [5.74, 6) is -0.579. The summed E-state index contributed by atoms with van der Waals surface area (Å²) in [4.78, 5) is 12.6. The number of amides is 1. The van der Waals surface area contributed by atoms with Crippen molar-refractivity contribution in [3.63, 3.8) is 0 Å². The van der Waals surface area contributed by atoms with Crippen molar-refractivity contribution in [3.8, 4) is 16.8 Å². The molecule has 1 saturated carbocycles. The second-order valence-electron chi connectivity index (χ2n) is 7.90. The van der Waals surface area contributed by atoms with Crippen LogP contribution in [0.2, 0.25) is 0 Å². The number of carbonyl (C=O) groups excluding carboxylic acids is 1. The molecule has 3 aromatic carbocycles. The minimum Gasteiger partial charge on any atom is -0.349 e. The van der Waals surface area contributed by atoms with E-state index in [0.717, 1.165) is 47.0 Å². The average Bonchev–Trinajstić information content (AvgIpc) is 3.16. The van der Waals surface area contributed by atoms with Crippen molar-refractivity contribution in [2.45, 2.75) is 32.2 Å². The molecule has 4 aromatic rings. The van der Waals surface area contributed by atoms with E-state index < -0.39 is 0 Å². The van der Waals surface area contributed by atoms with Gasteiger partial charge >= 0.3 is 0 Å². The number of fused-ring (bicyclic) bond motifs is 1. The molecule has 1 amide bonds.